The number of hydrogen-bond donors (Lipinski definition) is 2. The molecule has 0 saturated heterocycles. The van der Waals surface area contributed by atoms with E-state index in [9.17, 15) is 0 Å². The number of nitrogens with two attached hydrogens (primary N) is 1. The summed E-state index contributed by atoms with van der Waals surface area (Å²) in [6.07, 6.45) is 1.07. The summed E-state index contributed by atoms with van der Waals surface area (Å²) in [6.45, 7) is 2.16. The van der Waals surface area contributed by atoms with Crippen molar-refractivity contribution in [2.75, 3.05) is 11.1 Å². The molecule has 0 bridgehead atoms. The molecule has 0 radical (unpaired) electrons. The highest BCUT2D eigenvalue weighted by molar-refractivity contribution is 14.1. The van der Waals surface area contributed by atoms with Gasteiger partial charge in [0.25, 0.3) is 0 Å². The molecule has 0 unspecified atom stereocenters. The Morgan fingerprint density at radius 2 is 1.82 bits per heavy atom. The van der Waals surface area contributed by atoms with Gasteiger partial charge in [-0.1, -0.05) is 19.1 Å². The summed E-state index contributed by atoms with van der Waals surface area (Å²) in [5, 5.41) is 3.39. The number of nitrogen functional groups attached to an aromatic ring is 1. The molecule has 0 aromatic heterocycles. The van der Waals surface area contributed by atoms with Crippen LogP contribution in [0.2, 0.25) is 0 Å². The predicted octanol–water partition coefficient (Wildman–Crippen LogP) is 4.18. The van der Waals surface area contributed by atoms with Gasteiger partial charge in [0.15, 0.2) is 0 Å². The molecule has 3 heteroatoms. The van der Waals surface area contributed by atoms with E-state index in [2.05, 4.69) is 59.1 Å². The molecular formula is C14H15IN2. The number of aryl methyl sites for hydroxylation is 1. The van der Waals surface area contributed by atoms with Crippen LogP contribution in [-0.4, -0.2) is 0 Å². The molecule has 0 heterocycles. The largest absolute Gasteiger partial charge is 0.399 e. The Balaban J connectivity index is 2.19. The summed E-state index contributed by atoms with van der Waals surface area (Å²) >= 11 is 2.28. The van der Waals surface area contributed by atoms with E-state index in [1.807, 2.05) is 18.2 Å². The fourth-order valence-electron chi connectivity index (χ4n) is 1.61. The zero-order chi connectivity index (χ0) is 12.3. The molecule has 0 spiro atoms. The molecular weight excluding hydrogens is 323 g/mol. The van der Waals surface area contributed by atoms with Crippen molar-refractivity contribution in [3.05, 3.63) is 51.6 Å². The van der Waals surface area contributed by atoms with E-state index in [1.54, 1.807) is 0 Å². The SMILES string of the molecule is CCc1ccc(Nc2ccc(N)cc2I)cc1. The van der Waals surface area contributed by atoms with Crippen LogP contribution >= 0.6 is 22.6 Å². The minimum Gasteiger partial charge on any atom is -0.399 e. The van der Waals surface area contributed by atoms with Gasteiger partial charge < -0.3 is 11.1 Å². The molecule has 2 aromatic carbocycles. The maximum Gasteiger partial charge on any atom is 0.0521 e. The Bertz CT molecular complexity index is 506. The molecule has 2 nitrogen and oxygen atoms in total. The summed E-state index contributed by atoms with van der Waals surface area (Å²) in [5.41, 5.74) is 10.1. The highest BCUT2D eigenvalue weighted by Crippen LogP contribution is 2.24. The lowest BCUT2D eigenvalue weighted by atomic mass is 10.1. The second kappa shape index (κ2) is 5.40. The van der Waals surface area contributed by atoms with Crippen molar-refractivity contribution in [3.63, 3.8) is 0 Å². The van der Waals surface area contributed by atoms with E-state index in [4.69, 9.17) is 5.73 Å². The van der Waals surface area contributed by atoms with E-state index in [-0.39, 0.29) is 0 Å². The topological polar surface area (TPSA) is 38.0 Å². The van der Waals surface area contributed by atoms with Crippen molar-refractivity contribution in [1.29, 1.82) is 0 Å². The Labute approximate surface area is 115 Å². The zero-order valence-electron chi connectivity index (χ0n) is 9.70. The van der Waals surface area contributed by atoms with Crippen molar-refractivity contribution < 1.29 is 0 Å². The van der Waals surface area contributed by atoms with Crippen molar-refractivity contribution in [2.24, 2.45) is 0 Å². The Morgan fingerprint density at radius 3 is 2.41 bits per heavy atom. The molecule has 0 fully saturated rings. The number of nitrogens with one attached hydrogen (secondary N) is 1. The Hall–Kier alpha value is -1.23. The van der Waals surface area contributed by atoms with E-state index in [1.165, 1.54) is 5.56 Å². The van der Waals surface area contributed by atoms with Crippen LogP contribution in [0, 0.1) is 3.57 Å². The van der Waals surface area contributed by atoms with Crippen molar-refractivity contribution in [1.82, 2.24) is 0 Å². The first-order valence-corrected chi connectivity index (χ1v) is 6.68. The van der Waals surface area contributed by atoms with Gasteiger partial charge in [0, 0.05) is 14.9 Å². The van der Waals surface area contributed by atoms with Crippen molar-refractivity contribution in [3.8, 4) is 0 Å². The number of anilines is 3. The smallest absolute Gasteiger partial charge is 0.0521 e. The van der Waals surface area contributed by atoms with Gasteiger partial charge in [-0.3, -0.25) is 0 Å². The summed E-state index contributed by atoms with van der Waals surface area (Å²) in [5.74, 6) is 0. The second-order valence-electron chi connectivity index (χ2n) is 3.91. The fraction of sp³-hybridized carbons (Fsp3) is 0.143. The van der Waals surface area contributed by atoms with Gasteiger partial charge in [0.05, 0.1) is 5.69 Å². The lowest BCUT2D eigenvalue weighted by Crippen LogP contribution is -1.94. The van der Waals surface area contributed by atoms with E-state index in [0.717, 1.165) is 27.1 Å². The third-order valence-electron chi connectivity index (χ3n) is 2.63. The molecule has 0 saturated carbocycles. The van der Waals surface area contributed by atoms with Gasteiger partial charge in [-0.2, -0.15) is 0 Å². The molecule has 3 N–H and O–H groups in total. The third kappa shape index (κ3) is 3.12. The van der Waals surface area contributed by atoms with Crippen molar-refractivity contribution in [2.45, 2.75) is 13.3 Å². The average molecular weight is 338 g/mol. The van der Waals surface area contributed by atoms with E-state index in [0.29, 0.717) is 0 Å². The molecule has 0 aliphatic heterocycles. The van der Waals surface area contributed by atoms with Crippen LogP contribution in [-0.2, 0) is 6.42 Å². The average Bonchev–Trinajstić information content (AvgIpc) is 2.34. The Kier molecular flexibility index (Phi) is 3.89. The zero-order valence-corrected chi connectivity index (χ0v) is 11.9. The van der Waals surface area contributed by atoms with Crippen LogP contribution in [0.15, 0.2) is 42.5 Å². The Morgan fingerprint density at radius 1 is 1.12 bits per heavy atom. The highest BCUT2D eigenvalue weighted by Gasteiger charge is 2.00. The van der Waals surface area contributed by atoms with E-state index >= 15 is 0 Å². The summed E-state index contributed by atoms with van der Waals surface area (Å²) in [7, 11) is 0. The summed E-state index contributed by atoms with van der Waals surface area (Å²) in [4.78, 5) is 0. The first-order chi connectivity index (χ1) is 8.19. The molecule has 88 valence electrons. The standard InChI is InChI=1S/C14H15IN2/c1-2-10-3-6-12(7-4-10)17-14-8-5-11(16)9-13(14)15/h3-9,17H,2,16H2,1H3. The molecule has 0 amide bonds. The summed E-state index contributed by atoms with van der Waals surface area (Å²) < 4.78 is 1.13. The molecule has 0 aliphatic carbocycles. The van der Waals surface area contributed by atoms with Gasteiger partial charge in [-0.15, -0.1) is 0 Å². The van der Waals surface area contributed by atoms with Crippen LogP contribution < -0.4 is 11.1 Å². The molecule has 0 aliphatic rings. The molecule has 0 atom stereocenters. The number of halogens is 1. The van der Waals surface area contributed by atoms with Gasteiger partial charge in [0.1, 0.15) is 0 Å². The minimum atomic E-state index is 0.793. The van der Waals surface area contributed by atoms with Crippen molar-refractivity contribution >= 4 is 39.7 Å². The predicted molar refractivity (Wildman–Crippen MR) is 82.7 cm³/mol. The molecule has 2 aromatic rings. The van der Waals surface area contributed by atoms with Crippen LogP contribution in [0.3, 0.4) is 0 Å². The summed E-state index contributed by atoms with van der Waals surface area (Å²) in [6, 6.07) is 14.4. The fourth-order valence-corrected chi connectivity index (χ4v) is 2.29. The first kappa shape index (κ1) is 12.2. The minimum absolute atomic E-state index is 0.793. The number of benzene rings is 2. The van der Waals surface area contributed by atoms with Gasteiger partial charge >= 0.3 is 0 Å². The number of hydrogen-bond acceptors (Lipinski definition) is 2. The quantitative estimate of drug-likeness (QED) is 0.651. The monoisotopic (exact) mass is 338 g/mol. The van der Waals surface area contributed by atoms with Crippen LogP contribution in [0.4, 0.5) is 17.1 Å². The van der Waals surface area contributed by atoms with Gasteiger partial charge in [-0.05, 0) is 64.9 Å². The maximum absolute atomic E-state index is 5.73. The molecule has 2 rings (SSSR count). The lowest BCUT2D eigenvalue weighted by Gasteiger charge is -2.09. The molecule has 17 heavy (non-hydrogen) atoms. The van der Waals surface area contributed by atoms with Crippen LogP contribution in [0.25, 0.3) is 0 Å². The first-order valence-electron chi connectivity index (χ1n) is 5.60. The maximum atomic E-state index is 5.73. The van der Waals surface area contributed by atoms with Gasteiger partial charge in [-0.25, -0.2) is 0 Å². The van der Waals surface area contributed by atoms with E-state index < -0.39 is 0 Å². The number of rotatable bonds is 3. The second-order valence-corrected chi connectivity index (χ2v) is 5.08. The highest BCUT2D eigenvalue weighted by atomic mass is 127. The lowest BCUT2D eigenvalue weighted by molar-refractivity contribution is 1.14. The third-order valence-corrected chi connectivity index (χ3v) is 3.53. The van der Waals surface area contributed by atoms with Crippen LogP contribution in [0.1, 0.15) is 12.5 Å². The normalized spacial score (nSPS) is 10.2. The van der Waals surface area contributed by atoms with Gasteiger partial charge in [0.2, 0.25) is 0 Å². The van der Waals surface area contributed by atoms with Crippen LogP contribution in [0.5, 0.6) is 0 Å².